The number of carbonyl (C=O) groups excluding carboxylic acids is 2. The third-order valence-electron chi connectivity index (χ3n) is 5.10. The lowest BCUT2D eigenvalue weighted by molar-refractivity contribution is -0.113. The molecule has 8 heteroatoms. The second kappa shape index (κ2) is 7.82. The smallest absolute Gasteiger partial charge is 0.319 e. The minimum absolute atomic E-state index is 0.348. The van der Waals surface area contributed by atoms with E-state index in [9.17, 15) is 9.59 Å². The van der Waals surface area contributed by atoms with E-state index in [1.807, 2.05) is 30.5 Å². The van der Waals surface area contributed by atoms with Gasteiger partial charge in [-0.05, 0) is 25.1 Å². The Bertz CT molecular complexity index is 1160. The monoisotopic (exact) mass is 406 g/mol. The highest BCUT2D eigenvalue weighted by Gasteiger charge is 2.33. The van der Waals surface area contributed by atoms with Gasteiger partial charge in [0.05, 0.1) is 31.5 Å². The van der Waals surface area contributed by atoms with Crippen LogP contribution < -0.4 is 25.4 Å². The minimum Gasteiger partial charge on any atom is -0.497 e. The molecule has 1 aliphatic heterocycles. The topological polar surface area (TPSA) is 104 Å². The lowest BCUT2D eigenvalue weighted by atomic mass is 9.94. The zero-order valence-corrected chi connectivity index (χ0v) is 16.8. The lowest BCUT2D eigenvalue weighted by Gasteiger charge is -2.28. The molecule has 2 heterocycles. The number of aromatic amines is 1. The molecule has 4 rings (SSSR count). The first-order valence-corrected chi connectivity index (χ1v) is 9.39. The molecule has 1 aliphatic rings. The summed E-state index contributed by atoms with van der Waals surface area (Å²) in [6, 6.07) is 11.9. The van der Waals surface area contributed by atoms with E-state index in [0.29, 0.717) is 28.5 Å². The first-order valence-electron chi connectivity index (χ1n) is 9.39. The van der Waals surface area contributed by atoms with Gasteiger partial charge in [-0.25, -0.2) is 4.79 Å². The normalized spacial score (nSPS) is 16.1. The zero-order chi connectivity index (χ0) is 21.3. The number of rotatable bonds is 5. The summed E-state index contributed by atoms with van der Waals surface area (Å²) < 4.78 is 10.6. The number of aromatic nitrogens is 1. The van der Waals surface area contributed by atoms with Gasteiger partial charge in [0, 0.05) is 34.4 Å². The third-order valence-corrected chi connectivity index (χ3v) is 5.10. The van der Waals surface area contributed by atoms with Gasteiger partial charge in [0.15, 0.2) is 0 Å². The van der Waals surface area contributed by atoms with E-state index in [0.717, 1.165) is 16.5 Å². The molecule has 1 unspecified atom stereocenters. The number of urea groups is 1. The fourth-order valence-electron chi connectivity index (χ4n) is 3.65. The van der Waals surface area contributed by atoms with E-state index in [4.69, 9.17) is 9.47 Å². The number of allylic oxidation sites excluding steroid dienone is 1. The van der Waals surface area contributed by atoms with Crippen LogP contribution in [0.25, 0.3) is 10.9 Å². The summed E-state index contributed by atoms with van der Waals surface area (Å²) in [5.74, 6) is 0.736. The summed E-state index contributed by atoms with van der Waals surface area (Å²) in [6.07, 6.45) is 1.81. The second-order valence-electron chi connectivity index (χ2n) is 6.88. The van der Waals surface area contributed by atoms with Crippen molar-refractivity contribution < 1.29 is 19.1 Å². The van der Waals surface area contributed by atoms with Gasteiger partial charge < -0.3 is 30.4 Å². The summed E-state index contributed by atoms with van der Waals surface area (Å²) >= 11 is 0. The highest BCUT2D eigenvalue weighted by molar-refractivity contribution is 6.08. The predicted octanol–water partition coefficient (Wildman–Crippen LogP) is 3.45. The second-order valence-corrected chi connectivity index (χ2v) is 6.88. The SMILES string of the molecule is COc1ccc(NC(=O)C2=C(C)NC(=O)NC2c2c[nH]c3ccccc23)c(OC)c1. The number of amides is 3. The molecule has 4 N–H and O–H groups in total. The molecule has 2 aromatic carbocycles. The van der Waals surface area contributed by atoms with Crippen molar-refractivity contribution in [3.8, 4) is 11.5 Å². The Kier molecular flexibility index (Phi) is 5.05. The molecule has 1 aromatic heterocycles. The van der Waals surface area contributed by atoms with Crippen LogP contribution in [0.4, 0.5) is 10.5 Å². The fourth-order valence-corrected chi connectivity index (χ4v) is 3.65. The van der Waals surface area contributed by atoms with Crippen LogP contribution in [0.15, 0.2) is 59.9 Å². The van der Waals surface area contributed by atoms with Crippen molar-refractivity contribution in [2.24, 2.45) is 0 Å². The number of hydrogen-bond acceptors (Lipinski definition) is 4. The van der Waals surface area contributed by atoms with Gasteiger partial charge in [-0.2, -0.15) is 0 Å². The number of H-pyrrole nitrogens is 1. The number of methoxy groups -OCH3 is 2. The van der Waals surface area contributed by atoms with Gasteiger partial charge in [0.1, 0.15) is 11.5 Å². The summed E-state index contributed by atoms with van der Waals surface area (Å²) in [5, 5.41) is 9.38. The van der Waals surface area contributed by atoms with E-state index in [1.165, 1.54) is 7.11 Å². The molecule has 0 aliphatic carbocycles. The van der Waals surface area contributed by atoms with E-state index in [1.54, 1.807) is 32.2 Å². The minimum atomic E-state index is -0.612. The van der Waals surface area contributed by atoms with Crippen molar-refractivity contribution >= 4 is 28.5 Å². The van der Waals surface area contributed by atoms with Gasteiger partial charge in [-0.3, -0.25) is 4.79 Å². The molecule has 1 atom stereocenters. The lowest BCUT2D eigenvalue weighted by Crippen LogP contribution is -2.45. The predicted molar refractivity (Wildman–Crippen MR) is 114 cm³/mol. The number of fused-ring (bicyclic) bond motifs is 1. The molecule has 3 aromatic rings. The van der Waals surface area contributed by atoms with Gasteiger partial charge >= 0.3 is 6.03 Å². The van der Waals surface area contributed by atoms with Crippen LogP contribution in [0.1, 0.15) is 18.5 Å². The average molecular weight is 406 g/mol. The number of anilines is 1. The van der Waals surface area contributed by atoms with E-state index < -0.39 is 6.04 Å². The Morgan fingerprint density at radius 2 is 1.90 bits per heavy atom. The first-order chi connectivity index (χ1) is 14.5. The van der Waals surface area contributed by atoms with Crippen LogP contribution in [0, 0.1) is 0 Å². The van der Waals surface area contributed by atoms with Crippen molar-refractivity contribution in [1.29, 1.82) is 0 Å². The van der Waals surface area contributed by atoms with Gasteiger partial charge in [0.25, 0.3) is 5.91 Å². The Morgan fingerprint density at radius 1 is 1.10 bits per heavy atom. The Morgan fingerprint density at radius 3 is 2.67 bits per heavy atom. The largest absolute Gasteiger partial charge is 0.497 e. The van der Waals surface area contributed by atoms with Crippen LogP contribution in [0.3, 0.4) is 0 Å². The number of nitrogens with one attached hydrogen (secondary N) is 4. The van der Waals surface area contributed by atoms with Crippen molar-refractivity contribution in [3.63, 3.8) is 0 Å². The van der Waals surface area contributed by atoms with Gasteiger partial charge in [-0.15, -0.1) is 0 Å². The number of benzene rings is 2. The Hall–Kier alpha value is -3.94. The van der Waals surface area contributed by atoms with E-state index in [2.05, 4.69) is 20.9 Å². The highest BCUT2D eigenvalue weighted by atomic mass is 16.5. The third kappa shape index (κ3) is 3.43. The maximum absolute atomic E-state index is 13.3. The molecule has 0 radical (unpaired) electrons. The van der Waals surface area contributed by atoms with Crippen LogP contribution in [0.5, 0.6) is 11.5 Å². The van der Waals surface area contributed by atoms with Crippen LogP contribution >= 0.6 is 0 Å². The summed E-state index contributed by atoms with van der Waals surface area (Å²) in [4.78, 5) is 28.7. The molecule has 154 valence electrons. The van der Waals surface area contributed by atoms with E-state index >= 15 is 0 Å². The fraction of sp³-hybridized carbons (Fsp3) is 0.182. The standard InChI is InChI=1S/C22H22N4O4/c1-12-19(21(27)25-17-9-8-13(29-2)10-18(17)30-3)20(26-22(28)24-12)15-11-23-16-7-5-4-6-14(15)16/h4-11,20,23H,1-3H3,(H,25,27)(H2,24,26,28). The number of para-hydroxylation sites is 1. The van der Waals surface area contributed by atoms with Gasteiger partial charge in [0.2, 0.25) is 0 Å². The highest BCUT2D eigenvalue weighted by Crippen LogP contribution is 2.34. The molecular formula is C22H22N4O4. The molecule has 0 saturated heterocycles. The van der Waals surface area contributed by atoms with Crippen LogP contribution in [0.2, 0.25) is 0 Å². The maximum atomic E-state index is 13.3. The number of carbonyl (C=O) groups is 2. The molecule has 0 saturated carbocycles. The van der Waals surface area contributed by atoms with Gasteiger partial charge in [-0.1, -0.05) is 18.2 Å². The van der Waals surface area contributed by atoms with Crippen LogP contribution in [-0.2, 0) is 4.79 Å². The zero-order valence-electron chi connectivity index (χ0n) is 16.8. The molecular weight excluding hydrogens is 384 g/mol. The van der Waals surface area contributed by atoms with Crippen molar-refractivity contribution in [3.05, 3.63) is 65.5 Å². The molecule has 0 bridgehead atoms. The van der Waals surface area contributed by atoms with Crippen LogP contribution in [-0.4, -0.2) is 31.1 Å². The van der Waals surface area contributed by atoms with Crippen molar-refractivity contribution in [2.75, 3.05) is 19.5 Å². The Balaban J connectivity index is 1.72. The first kappa shape index (κ1) is 19.4. The Labute approximate surface area is 173 Å². The maximum Gasteiger partial charge on any atom is 0.319 e. The quantitative estimate of drug-likeness (QED) is 0.521. The molecule has 3 amide bonds. The molecule has 0 spiro atoms. The average Bonchev–Trinajstić information content (AvgIpc) is 3.17. The van der Waals surface area contributed by atoms with Crippen molar-refractivity contribution in [1.82, 2.24) is 15.6 Å². The van der Waals surface area contributed by atoms with Crippen molar-refractivity contribution in [2.45, 2.75) is 13.0 Å². The summed E-state index contributed by atoms with van der Waals surface area (Å²) in [7, 11) is 3.08. The molecule has 30 heavy (non-hydrogen) atoms. The van der Waals surface area contributed by atoms with E-state index in [-0.39, 0.29) is 11.9 Å². The number of ether oxygens (including phenoxy) is 2. The molecule has 8 nitrogen and oxygen atoms in total. The molecule has 0 fully saturated rings. The summed E-state index contributed by atoms with van der Waals surface area (Å²) in [5.41, 5.74) is 3.13. The summed E-state index contributed by atoms with van der Waals surface area (Å²) in [6.45, 7) is 1.71. The number of hydrogen-bond donors (Lipinski definition) is 4.